The summed E-state index contributed by atoms with van der Waals surface area (Å²) in [6.07, 6.45) is 2.51. The Morgan fingerprint density at radius 3 is 2.73 bits per heavy atom. The SMILES string of the molecule is CC(C)(C)Cc1nnc(C2CCCN(C(=O)Nc3ccc(F)cc3)C2)o1. The molecule has 1 aromatic heterocycles. The minimum Gasteiger partial charge on any atom is -0.425 e. The van der Waals surface area contributed by atoms with Crippen molar-refractivity contribution in [2.75, 3.05) is 18.4 Å². The van der Waals surface area contributed by atoms with E-state index in [-0.39, 0.29) is 23.2 Å². The summed E-state index contributed by atoms with van der Waals surface area (Å²) in [4.78, 5) is 14.2. The molecule has 1 aliphatic rings. The van der Waals surface area contributed by atoms with Crippen LogP contribution in [-0.4, -0.2) is 34.2 Å². The van der Waals surface area contributed by atoms with Gasteiger partial charge in [-0.2, -0.15) is 0 Å². The first-order chi connectivity index (χ1) is 12.3. The lowest BCUT2D eigenvalue weighted by Crippen LogP contribution is -2.41. The normalized spacial score (nSPS) is 18.0. The number of likely N-dealkylation sites (tertiary alicyclic amines) is 1. The molecular formula is C19H25FN4O2. The van der Waals surface area contributed by atoms with Gasteiger partial charge in [0.05, 0.1) is 5.92 Å². The number of anilines is 1. The van der Waals surface area contributed by atoms with E-state index in [1.165, 1.54) is 12.1 Å². The standard InChI is InChI=1S/C19H25FN4O2/c1-19(2,3)11-16-22-23-17(26-16)13-5-4-10-24(12-13)18(25)21-15-8-6-14(20)7-9-15/h6-9,13H,4-5,10-12H2,1-3H3,(H,21,25). The highest BCUT2D eigenvalue weighted by Crippen LogP contribution is 2.28. The topological polar surface area (TPSA) is 71.3 Å². The van der Waals surface area contributed by atoms with Crippen molar-refractivity contribution in [3.05, 3.63) is 41.9 Å². The van der Waals surface area contributed by atoms with Crippen LogP contribution in [0.1, 0.15) is 51.3 Å². The fourth-order valence-corrected chi connectivity index (χ4v) is 3.06. The van der Waals surface area contributed by atoms with Gasteiger partial charge in [0.15, 0.2) is 0 Å². The van der Waals surface area contributed by atoms with Crippen LogP contribution in [0.2, 0.25) is 0 Å². The summed E-state index contributed by atoms with van der Waals surface area (Å²) < 4.78 is 18.8. The van der Waals surface area contributed by atoms with Gasteiger partial charge in [0.2, 0.25) is 11.8 Å². The molecule has 1 N–H and O–H groups in total. The molecule has 140 valence electrons. The second-order valence-electron chi connectivity index (χ2n) is 7.99. The Bertz CT molecular complexity index is 752. The third-order valence-electron chi connectivity index (χ3n) is 4.32. The molecular weight excluding hydrogens is 335 g/mol. The Morgan fingerprint density at radius 2 is 2.04 bits per heavy atom. The smallest absolute Gasteiger partial charge is 0.321 e. The molecule has 1 atom stereocenters. The number of nitrogens with one attached hydrogen (secondary N) is 1. The molecule has 1 saturated heterocycles. The minimum atomic E-state index is -0.330. The molecule has 7 heteroatoms. The summed E-state index contributed by atoms with van der Waals surface area (Å²) in [5, 5.41) is 11.1. The predicted octanol–water partition coefficient (Wildman–Crippen LogP) is 4.21. The van der Waals surface area contributed by atoms with E-state index in [0.717, 1.165) is 19.3 Å². The lowest BCUT2D eigenvalue weighted by molar-refractivity contribution is 0.186. The van der Waals surface area contributed by atoms with Crippen LogP contribution in [0.25, 0.3) is 0 Å². The van der Waals surface area contributed by atoms with Crippen molar-refractivity contribution in [3.63, 3.8) is 0 Å². The number of hydrogen-bond donors (Lipinski definition) is 1. The summed E-state index contributed by atoms with van der Waals surface area (Å²) in [6, 6.07) is 5.54. The number of aromatic nitrogens is 2. The van der Waals surface area contributed by atoms with Crippen molar-refractivity contribution >= 4 is 11.7 Å². The first-order valence-electron chi connectivity index (χ1n) is 8.94. The Labute approximate surface area is 152 Å². The van der Waals surface area contributed by atoms with Crippen molar-refractivity contribution in [2.24, 2.45) is 5.41 Å². The molecule has 2 amide bonds. The molecule has 0 radical (unpaired) electrons. The molecule has 0 spiro atoms. The maximum atomic E-state index is 13.0. The number of nitrogens with zero attached hydrogens (tertiary/aromatic N) is 3. The third-order valence-corrected chi connectivity index (χ3v) is 4.32. The lowest BCUT2D eigenvalue weighted by Gasteiger charge is -2.31. The van der Waals surface area contributed by atoms with Gasteiger partial charge in [-0.15, -0.1) is 10.2 Å². The molecule has 0 saturated carbocycles. The van der Waals surface area contributed by atoms with E-state index >= 15 is 0 Å². The highest BCUT2D eigenvalue weighted by atomic mass is 19.1. The zero-order chi connectivity index (χ0) is 18.7. The number of amides is 2. The second-order valence-corrected chi connectivity index (χ2v) is 7.99. The summed E-state index contributed by atoms with van der Waals surface area (Å²) in [7, 11) is 0. The maximum Gasteiger partial charge on any atom is 0.321 e. The fraction of sp³-hybridized carbons (Fsp3) is 0.526. The molecule has 6 nitrogen and oxygen atoms in total. The summed E-state index contributed by atoms with van der Waals surface area (Å²) in [6.45, 7) is 7.58. The lowest BCUT2D eigenvalue weighted by atomic mass is 9.92. The van der Waals surface area contributed by atoms with Crippen LogP contribution in [0, 0.1) is 11.2 Å². The molecule has 2 aromatic rings. The van der Waals surface area contributed by atoms with Gasteiger partial charge in [0, 0.05) is 25.2 Å². The fourth-order valence-electron chi connectivity index (χ4n) is 3.06. The Kier molecular flexibility index (Phi) is 5.25. The summed E-state index contributed by atoms with van der Waals surface area (Å²) in [5.41, 5.74) is 0.654. The van der Waals surface area contributed by atoms with Crippen LogP contribution in [0.5, 0.6) is 0 Å². The van der Waals surface area contributed by atoms with Gasteiger partial charge in [-0.25, -0.2) is 9.18 Å². The van der Waals surface area contributed by atoms with Crippen LogP contribution in [0.4, 0.5) is 14.9 Å². The number of piperidine rings is 1. The van der Waals surface area contributed by atoms with E-state index in [1.54, 1.807) is 17.0 Å². The van der Waals surface area contributed by atoms with Crippen LogP contribution in [-0.2, 0) is 6.42 Å². The van der Waals surface area contributed by atoms with Crippen molar-refractivity contribution < 1.29 is 13.6 Å². The van der Waals surface area contributed by atoms with Crippen LogP contribution in [0.15, 0.2) is 28.7 Å². The van der Waals surface area contributed by atoms with Gasteiger partial charge in [-0.05, 0) is 42.5 Å². The van der Waals surface area contributed by atoms with Crippen LogP contribution >= 0.6 is 0 Å². The molecule has 1 aromatic carbocycles. The average Bonchev–Trinajstić information content (AvgIpc) is 3.03. The van der Waals surface area contributed by atoms with Gasteiger partial charge in [0.25, 0.3) is 0 Å². The molecule has 1 fully saturated rings. The number of carbonyl (C=O) groups is 1. The number of halogens is 1. The van der Waals surface area contributed by atoms with E-state index in [4.69, 9.17) is 4.42 Å². The summed E-state index contributed by atoms with van der Waals surface area (Å²) in [5.74, 6) is 0.955. The maximum absolute atomic E-state index is 13.0. The van der Waals surface area contributed by atoms with E-state index in [1.807, 2.05) is 0 Å². The number of rotatable bonds is 3. The van der Waals surface area contributed by atoms with Crippen molar-refractivity contribution in [1.29, 1.82) is 0 Å². The third kappa shape index (κ3) is 4.80. The van der Waals surface area contributed by atoms with E-state index in [9.17, 15) is 9.18 Å². The largest absolute Gasteiger partial charge is 0.425 e. The summed E-state index contributed by atoms with van der Waals surface area (Å²) >= 11 is 0. The first kappa shape index (κ1) is 18.4. The highest BCUT2D eigenvalue weighted by Gasteiger charge is 2.29. The van der Waals surface area contributed by atoms with E-state index in [2.05, 4.69) is 36.3 Å². The second kappa shape index (κ2) is 7.43. The number of hydrogen-bond acceptors (Lipinski definition) is 4. The van der Waals surface area contributed by atoms with Gasteiger partial charge in [-0.1, -0.05) is 20.8 Å². The molecule has 0 bridgehead atoms. The van der Waals surface area contributed by atoms with Gasteiger partial charge >= 0.3 is 6.03 Å². The quantitative estimate of drug-likeness (QED) is 0.890. The van der Waals surface area contributed by atoms with Gasteiger partial charge in [0.1, 0.15) is 5.82 Å². The van der Waals surface area contributed by atoms with Gasteiger partial charge < -0.3 is 14.6 Å². The van der Waals surface area contributed by atoms with E-state index in [0.29, 0.717) is 30.6 Å². The molecule has 1 aliphatic heterocycles. The molecule has 2 heterocycles. The van der Waals surface area contributed by atoms with Crippen molar-refractivity contribution in [1.82, 2.24) is 15.1 Å². The predicted molar refractivity (Wildman–Crippen MR) is 96.4 cm³/mol. The minimum absolute atomic E-state index is 0.0453. The van der Waals surface area contributed by atoms with Crippen LogP contribution in [0.3, 0.4) is 0 Å². The molecule has 26 heavy (non-hydrogen) atoms. The number of urea groups is 1. The van der Waals surface area contributed by atoms with Crippen LogP contribution < -0.4 is 5.32 Å². The number of carbonyl (C=O) groups excluding carboxylic acids is 1. The zero-order valence-electron chi connectivity index (χ0n) is 15.5. The van der Waals surface area contributed by atoms with Crippen molar-refractivity contribution in [3.8, 4) is 0 Å². The molecule has 3 rings (SSSR count). The Balaban J connectivity index is 1.61. The van der Waals surface area contributed by atoms with E-state index < -0.39 is 0 Å². The average molecular weight is 360 g/mol. The number of benzene rings is 1. The molecule has 0 aliphatic carbocycles. The molecule has 1 unspecified atom stereocenters. The Hall–Kier alpha value is -2.44. The Morgan fingerprint density at radius 1 is 1.31 bits per heavy atom. The monoisotopic (exact) mass is 360 g/mol. The van der Waals surface area contributed by atoms with Crippen molar-refractivity contribution in [2.45, 2.75) is 46.0 Å². The van der Waals surface area contributed by atoms with Gasteiger partial charge in [-0.3, -0.25) is 0 Å². The highest BCUT2D eigenvalue weighted by molar-refractivity contribution is 5.89. The first-order valence-corrected chi connectivity index (χ1v) is 8.94. The zero-order valence-corrected chi connectivity index (χ0v) is 15.5.